The summed E-state index contributed by atoms with van der Waals surface area (Å²) in [6.45, 7) is 0.184. The second-order valence-corrected chi connectivity index (χ2v) is 4.34. The number of H-pyrrole nitrogens is 1. The minimum absolute atomic E-state index is 0.184. The van der Waals surface area contributed by atoms with Crippen LogP contribution in [-0.2, 0) is 0 Å². The Morgan fingerprint density at radius 3 is 2.75 bits per heavy atom. The van der Waals surface area contributed by atoms with Crippen molar-refractivity contribution in [3.8, 4) is 23.1 Å². The van der Waals surface area contributed by atoms with E-state index >= 15 is 0 Å². The number of aliphatic hydroxyl groups excluding tert-OH is 1. The Kier molecular flexibility index (Phi) is 5.10. The van der Waals surface area contributed by atoms with Crippen molar-refractivity contribution in [2.24, 2.45) is 0 Å². The minimum atomic E-state index is -0.260. The van der Waals surface area contributed by atoms with Gasteiger partial charge in [-0.1, -0.05) is 42.2 Å². The third-order valence-electron chi connectivity index (χ3n) is 2.79. The Morgan fingerprint density at radius 2 is 2.00 bits per heavy atom. The van der Waals surface area contributed by atoms with Crippen molar-refractivity contribution >= 4 is 0 Å². The van der Waals surface area contributed by atoms with E-state index in [4.69, 9.17) is 5.11 Å². The molecule has 2 aromatic rings. The molecule has 0 saturated heterocycles. The molecule has 0 saturated carbocycles. The van der Waals surface area contributed by atoms with Crippen molar-refractivity contribution in [3.05, 3.63) is 52.3 Å². The highest BCUT2D eigenvalue weighted by Gasteiger charge is 2.05. The summed E-state index contributed by atoms with van der Waals surface area (Å²) in [5.41, 5.74) is 1.97. The van der Waals surface area contributed by atoms with E-state index in [1.807, 2.05) is 30.3 Å². The van der Waals surface area contributed by atoms with Crippen LogP contribution in [0.1, 0.15) is 24.8 Å². The molecule has 0 bridgehead atoms. The van der Waals surface area contributed by atoms with Crippen molar-refractivity contribution < 1.29 is 5.11 Å². The Labute approximate surface area is 117 Å². The zero-order chi connectivity index (χ0) is 14.2. The number of benzene rings is 1. The number of aromatic amines is 1. The maximum absolute atomic E-state index is 11.4. The van der Waals surface area contributed by atoms with Crippen molar-refractivity contribution in [2.75, 3.05) is 6.61 Å². The SMILES string of the molecule is O=c1cc(C#CCCCCO)c(-c2ccccc2)n[nH]1. The smallest absolute Gasteiger partial charge is 0.265 e. The number of aliphatic hydroxyl groups is 1. The summed E-state index contributed by atoms with van der Waals surface area (Å²) in [7, 11) is 0. The van der Waals surface area contributed by atoms with Gasteiger partial charge in [-0.15, -0.1) is 0 Å². The zero-order valence-corrected chi connectivity index (χ0v) is 11.1. The lowest BCUT2D eigenvalue weighted by Gasteiger charge is -2.02. The highest BCUT2D eigenvalue weighted by Crippen LogP contribution is 2.18. The lowest BCUT2D eigenvalue weighted by molar-refractivity contribution is 0.285. The molecule has 0 radical (unpaired) electrons. The van der Waals surface area contributed by atoms with Crippen LogP contribution >= 0.6 is 0 Å². The molecule has 2 rings (SSSR count). The Balaban J connectivity index is 2.27. The molecule has 1 aromatic heterocycles. The molecule has 0 fully saturated rings. The van der Waals surface area contributed by atoms with Crippen molar-refractivity contribution in [2.45, 2.75) is 19.3 Å². The summed E-state index contributed by atoms with van der Waals surface area (Å²) in [6.07, 6.45) is 2.29. The van der Waals surface area contributed by atoms with E-state index < -0.39 is 0 Å². The van der Waals surface area contributed by atoms with Gasteiger partial charge < -0.3 is 5.11 Å². The van der Waals surface area contributed by atoms with Gasteiger partial charge in [-0.25, -0.2) is 5.10 Å². The van der Waals surface area contributed by atoms with E-state index in [1.54, 1.807) is 0 Å². The molecule has 2 N–H and O–H groups in total. The normalized spacial score (nSPS) is 9.85. The molecule has 0 unspecified atom stereocenters. The molecular weight excluding hydrogens is 252 g/mol. The molecular formula is C16H16N2O2. The number of aromatic nitrogens is 2. The fourth-order valence-electron chi connectivity index (χ4n) is 1.80. The monoisotopic (exact) mass is 268 g/mol. The molecule has 0 aliphatic carbocycles. The second-order valence-electron chi connectivity index (χ2n) is 4.34. The van der Waals surface area contributed by atoms with Gasteiger partial charge in [0.25, 0.3) is 5.56 Å². The predicted octanol–water partition coefficient (Wildman–Crippen LogP) is 1.95. The molecule has 20 heavy (non-hydrogen) atoms. The average Bonchev–Trinajstić information content (AvgIpc) is 2.48. The summed E-state index contributed by atoms with van der Waals surface area (Å²) < 4.78 is 0. The van der Waals surface area contributed by atoms with Crippen LogP contribution in [0.25, 0.3) is 11.3 Å². The molecule has 0 aliphatic rings. The van der Waals surface area contributed by atoms with Gasteiger partial charge in [0.15, 0.2) is 0 Å². The Hall–Kier alpha value is -2.38. The maximum Gasteiger partial charge on any atom is 0.265 e. The van der Waals surface area contributed by atoms with Gasteiger partial charge in [-0.2, -0.15) is 5.10 Å². The van der Waals surface area contributed by atoms with Crippen LogP contribution in [0.5, 0.6) is 0 Å². The minimum Gasteiger partial charge on any atom is -0.396 e. The van der Waals surface area contributed by atoms with Gasteiger partial charge in [-0.3, -0.25) is 4.79 Å². The summed E-state index contributed by atoms with van der Waals surface area (Å²) in [5, 5.41) is 15.2. The molecule has 1 heterocycles. The van der Waals surface area contributed by atoms with Crippen LogP contribution in [0.2, 0.25) is 0 Å². The summed E-state index contributed by atoms with van der Waals surface area (Å²) in [5.74, 6) is 6.02. The fraction of sp³-hybridized carbons (Fsp3) is 0.250. The van der Waals surface area contributed by atoms with Gasteiger partial charge >= 0.3 is 0 Å². The molecule has 1 aromatic carbocycles. The van der Waals surface area contributed by atoms with Crippen molar-refractivity contribution in [1.82, 2.24) is 10.2 Å². The van der Waals surface area contributed by atoms with Crippen LogP contribution in [0.3, 0.4) is 0 Å². The fourth-order valence-corrected chi connectivity index (χ4v) is 1.80. The number of rotatable bonds is 4. The highest BCUT2D eigenvalue weighted by molar-refractivity contribution is 5.66. The van der Waals surface area contributed by atoms with Crippen LogP contribution in [0.15, 0.2) is 41.2 Å². The maximum atomic E-state index is 11.4. The molecule has 102 valence electrons. The van der Waals surface area contributed by atoms with Crippen LogP contribution in [-0.4, -0.2) is 21.9 Å². The highest BCUT2D eigenvalue weighted by atomic mass is 16.2. The van der Waals surface area contributed by atoms with E-state index in [1.165, 1.54) is 6.07 Å². The Morgan fingerprint density at radius 1 is 1.20 bits per heavy atom. The first kappa shape index (κ1) is 14.0. The van der Waals surface area contributed by atoms with Gasteiger partial charge in [-0.05, 0) is 12.8 Å². The first-order valence-electron chi connectivity index (χ1n) is 6.56. The van der Waals surface area contributed by atoms with E-state index in [0.717, 1.165) is 18.4 Å². The molecule has 0 spiro atoms. The van der Waals surface area contributed by atoms with Gasteiger partial charge in [0.05, 0.1) is 5.56 Å². The van der Waals surface area contributed by atoms with Crippen molar-refractivity contribution in [1.29, 1.82) is 0 Å². The van der Waals surface area contributed by atoms with Crippen molar-refractivity contribution in [3.63, 3.8) is 0 Å². The van der Waals surface area contributed by atoms with Crippen LogP contribution in [0.4, 0.5) is 0 Å². The predicted molar refractivity (Wildman–Crippen MR) is 78.1 cm³/mol. The topological polar surface area (TPSA) is 66.0 Å². The molecule has 4 heteroatoms. The van der Waals surface area contributed by atoms with E-state index in [-0.39, 0.29) is 12.2 Å². The molecule has 4 nitrogen and oxygen atoms in total. The average molecular weight is 268 g/mol. The quantitative estimate of drug-likeness (QED) is 0.658. The third kappa shape index (κ3) is 3.81. The van der Waals surface area contributed by atoms with Crippen LogP contribution in [0, 0.1) is 11.8 Å². The first-order valence-corrected chi connectivity index (χ1v) is 6.56. The first-order chi connectivity index (χ1) is 9.81. The zero-order valence-electron chi connectivity index (χ0n) is 11.1. The van der Waals surface area contributed by atoms with E-state index in [9.17, 15) is 4.79 Å². The summed E-state index contributed by atoms with van der Waals surface area (Å²) in [4.78, 5) is 11.4. The molecule has 0 aliphatic heterocycles. The number of hydrogen-bond donors (Lipinski definition) is 2. The third-order valence-corrected chi connectivity index (χ3v) is 2.79. The van der Waals surface area contributed by atoms with Gasteiger partial charge in [0.2, 0.25) is 0 Å². The molecule has 0 atom stereocenters. The van der Waals surface area contributed by atoms with Crippen LogP contribution < -0.4 is 5.56 Å². The number of unbranched alkanes of at least 4 members (excludes halogenated alkanes) is 2. The lowest BCUT2D eigenvalue weighted by atomic mass is 10.1. The number of nitrogens with one attached hydrogen (secondary N) is 1. The summed E-state index contributed by atoms with van der Waals surface area (Å²) in [6, 6.07) is 11.1. The number of hydrogen-bond acceptors (Lipinski definition) is 3. The second kappa shape index (κ2) is 7.27. The standard InChI is InChI=1S/C16H16N2O2/c19-11-7-2-1-4-10-14-12-15(20)17-18-16(14)13-8-5-3-6-9-13/h3,5-6,8-9,12,19H,1-2,7,11H2,(H,17,20). The largest absolute Gasteiger partial charge is 0.396 e. The van der Waals surface area contributed by atoms with Gasteiger partial charge in [0.1, 0.15) is 5.69 Å². The van der Waals surface area contributed by atoms with Gasteiger partial charge in [0, 0.05) is 24.7 Å². The van der Waals surface area contributed by atoms with E-state index in [0.29, 0.717) is 17.7 Å². The summed E-state index contributed by atoms with van der Waals surface area (Å²) >= 11 is 0. The van der Waals surface area contributed by atoms with E-state index in [2.05, 4.69) is 22.0 Å². The lowest BCUT2D eigenvalue weighted by Crippen LogP contribution is -2.08. The number of nitrogens with zero attached hydrogens (tertiary/aromatic N) is 1. The molecule has 0 amide bonds. The Bertz CT molecular complexity index is 666.